The van der Waals surface area contributed by atoms with Crippen LogP contribution in [-0.2, 0) is 0 Å². The highest BCUT2D eigenvalue weighted by Gasteiger charge is 2.11. The summed E-state index contributed by atoms with van der Waals surface area (Å²) in [5.74, 6) is -0.403. The molecule has 128 valence electrons. The lowest BCUT2D eigenvalue weighted by Gasteiger charge is -2.10. The summed E-state index contributed by atoms with van der Waals surface area (Å²) in [6, 6.07) is 17.3. The van der Waals surface area contributed by atoms with Gasteiger partial charge in [-0.2, -0.15) is 5.26 Å². The summed E-state index contributed by atoms with van der Waals surface area (Å²) >= 11 is 12.1. The molecule has 1 heterocycles. The Labute approximate surface area is 160 Å². The van der Waals surface area contributed by atoms with Gasteiger partial charge in [-0.25, -0.2) is 4.98 Å². The average Bonchev–Trinajstić information content (AvgIpc) is 2.66. The zero-order valence-electron chi connectivity index (χ0n) is 13.3. The molecule has 0 saturated heterocycles. The van der Waals surface area contributed by atoms with Crippen molar-refractivity contribution in [3.8, 4) is 6.07 Å². The number of halogens is 2. The van der Waals surface area contributed by atoms with Crippen molar-refractivity contribution in [1.29, 1.82) is 5.26 Å². The molecule has 0 aliphatic heterocycles. The van der Waals surface area contributed by atoms with Gasteiger partial charge in [0.05, 0.1) is 38.9 Å². The first-order valence-corrected chi connectivity index (χ1v) is 8.31. The number of pyridine rings is 1. The van der Waals surface area contributed by atoms with Gasteiger partial charge in [0.1, 0.15) is 11.8 Å². The normalized spacial score (nSPS) is 10.0. The van der Waals surface area contributed by atoms with Crippen molar-refractivity contribution in [2.45, 2.75) is 0 Å². The van der Waals surface area contributed by atoms with Gasteiger partial charge in [0, 0.05) is 0 Å². The molecule has 0 atom stereocenters. The Morgan fingerprint density at radius 2 is 1.77 bits per heavy atom. The van der Waals surface area contributed by atoms with Gasteiger partial charge in [-0.15, -0.1) is 0 Å². The van der Waals surface area contributed by atoms with Crippen LogP contribution in [0.5, 0.6) is 0 Å². The fourth-order valence-electron chi connectivity index (χ4n) is 2.23. The van der Waals surface area contributed by atoms with Crippen LogP contribution >= 0.6 is 23.2 Å². The van der Waals surface area contributed by atoms with E-state index in [4.69, 9.17) is 28.5 Å². The van der Waals surface area contributed by atoms with E-state index in [9.17, 15) is 4.79 Å². The van der Waals surface area contributed by atoms with E-state index in [0.717, 1.165) is 0 Å². The number of hydrogen-bond donors (Lipinski definition) is 2. The van der Waals surface area contributed by atoms with Gasteiger partial charge in [0.15, 0.2) is 0 Å². The Morgan fingerprint density at radius 3 is 2.50 bits per heavy atom. The lowest BCUT2D eigenvalue weighted by atomic mass is 10.2. The molecule has 3 rings (SSSR count). The summed E-state index contributed by atoms with van der Waals surface area (Å²) in [5, 5.41) is 15.7. The fraction of sp³-hybridized carbons (Fsp3) is 0. The number of carbonyl (C=O) groups is 1. The number of rotatable bonds is 4. The molecule has 26 heavy (non-hydrogen) atoms. The van der Waals surface area contributed by atoms with Crippen molar-refractivity contribution >= 4 is 46.2 Å². The molecule has 2 aromatic carbocycles. The third-order valence-corrected chi connectivity index (χ3v) is 4.34. The van der Waals surface area contributed by atoms with Gasteiger partial charge in [0.25, 0.3) is 5.91 Å². The molecule has 0 spiro atoms. The molecule has 1 aromatic heterocycles. The van der Waals surface area contributed by atoms with E-state index in [1.54, 1.807) is 54.6 Å². The maximum Gasteiger partial charge on any atom is 0.274 e. The van der Waals surface area contributed by atoms with Gasteiger partial charge in [-0.3, -0.25) is 4.79 Å². The Morgan fingerprint density at radius 1 is 1.00 bits per heavy atom. The summed E-state index contributed by atoms with van der Waals surface area (Å²) in [4.78, 5) is 16.5. The maximum atomic E-state index is 12.3. The van der Waals surface area contributed by atoms with Crippen LogP contribution in [0.3, 0.4) is 0 Å². The molecule has 7 heteroatoms. The Bertz CT molecular complexity index is 997. The summed E-state index contributed by atoms with van der Waals surface area (Å²) in [5.41, 5.74) is 2.34. The van der Waals surface area contributed by atoms with Gasteiger partial charge < -0.3 is 10.6 Å². The molecular formula is C19H12Cl2N4O. The van der Waals surface area contributed by atoms with Gasteiger partial charge in [-0.05, 0) is 36.4 Å². The number of nitrogens with one attached hydrogen (secondary N) is 2. The van der Waals surface area contributed by atoms with Gasteiger partial charge >= 0.3 is 0 Å². The molecular weight excluding hydrogens is 371 g/mol. The number of anilines is 3. The lowest BCUT2D eigenvalue weighted by Crippen LogP contribution is -2.14. The SMILES string of the molecule is N#Cc1ccccc1NC(=O)c1ccc(Nc2cccc(Cl)c2Cl)cn1. The smallest absolute Gasteiger partial charge is 0.274 e. The second-order valence-electron chi connectivity index (χ2n) is 5.27. The topological polar surface area (TPSA) is 77.8 Å². The highest BCUT2D eigenvalue weighted by atomic mass is 35.5. The molecule has 0 aliphatic rings. The molecule has 0 bridgehead atoms. The molecule has 3 aromatic rings. The lowest BCUT2D eigenvalue weighted by molar-refractivity contribution is 0.102. The van der Waals surface area contributed by atoms with E-state index in [1.807, 2.05) is 6.07 Å². The first kappa shape index (κ1) is 17.7. The number of para-hydroxylation sites is 1. The minimum atomic E-state index is -0.403. The molecule has 0 unspecified atom stereocenters. The van der Waals surface area contributed by atoms with E-state index < -0.39 is 5.91 Å². The Hall–Kier alpha value is -3.07. The van der Waals surface area contributed by atoms with Crippen molar-refractivity contribution in [3.63, 3.8) is 0 Å². The highest BCUT2D eigenvalue weighted by molar-refractivity contribution is 6.43. The molecule has 0 radical (unpaired) electrons. The Kier molecular flexibility index (Phi) is 5.37. The quantitative estimate of drug-likeness (QED) is 0.645. The molecule has 0 aliphatic carbocycles. The number of nitriles is 1. The number of amides is 1. The van der Waals surface area contributed by atoms with Crippen LogP contribution < -0.4 is 10.6 Å². The largest absolute Gasteiger partial charge is 0.353 e. The van der Waals surface area contributed by atoms with E-state index in [2.05, 4.69) is 15.6 Å². The summed E-state index contributed by atoms with van der Waals surface area (Å²) in [6.07, 6.45) is 1.52. The summed E-state index contributed by atoms with van der Waals surface area (Å²) < 4.78 is 0. The second kappa shape index (κ2) is 7.87. The van der Waals surface area contributed by atoms with Crippen LogP contribution in [0, 0.1) is 11.3 Å². The first-order valence-electron chi connectivity index (χ1n) is 7.56. The average molecular weight is 383 g/mol. The van der Waals surface area contributed by atoms with E-state index in [-0.39, 0.29) is 5.69 Å². The third-order valence-electron chi connectivity index (χ3n) is 3.52. The minimum Gasteiger partial charge on any atom is -0.353 e. The van der Waals surface area contributed by atoms with Crippen LogP contribution in [0.4, 0.5) is 17.1 Å². The standard InChI is InChI=1S/C19H12Cl2N4O/c20-14-5-3-7-16(18(14)21)24-13-8-9-17(23-11-13)19(26)25-15-6-2-1-4-12(15)10-22/h1-9,11,24H,(H,25,26). The van der Waals surface area contributed by atoms with Crippen LogP contribution in [0.2, 0.25) is 10.0 Å². The maximum absolute atomic E-state index is 12.3. The monoisotopic (exact) mass is 382 g/mol. The second-order valence-corrected chi connectivity index (χ2v) is 6.06. The van der Waals surface area contributed by atoms with Crippen molar-refractivity contribution < 1.29 is 4.79 Å². The minimum absolute atomic E-state index is 0.223. The summed E-state index contributed by atoms with van der Waals surface area (Å²) in [6.45, 7) is 0. The molecule has 5 nitrogen and oxygen atoms in total. The molecule has 0 saturated carbocycles. The van der Waals surface area contributed by atoms with Crippen molar-refractivity contribution in [2.24, 2.45) is 0 Å². The predicted octanol–water partition coefficient (Wildman–Crippen LogP) is 5.26. The highest BCUT2D eigenvalue weighted by Crippen LogP contribution is 2.31. The van der Waals surface area contributed by atoms with Crippen molar-refractivity contribution in [3.05, 3.63) is 82.1 Å². The number of nitrogens with zero attached hydrogens (tertiary/aromatic N) is 2. The van der Waals surface area contributed by atoms with Crippen molar-refractivity contribution in [2.75, 3.05) is 10.6 Å². The Balaban J connectivity index is 1.74. The third kappa shape index (κ3) is 3.94. The van der Waals surface area contributed by atoms with E-state index in [1.165, 1.54) is 6.20 Å². The number of hydrogen-bond acceptors (Lipinski definition) is 4. The predicted molar refractivity (Wildman–Crippen MR) is 103 cm³/mol. The van der Waals surface area contributed by atoms with Crippen molar-refractivity contribution in [1.82, 2.24) is 4.98 Å². The molecule has 0 fully saturated rings. The summed E-state index contributed by atoms with van der Waals surface area (Å²) in [7, 11) is 0. The number of carbonyl (C=O) groups excluding carboxylic acids is 1. The number of benzene rings is 2. The van der Waals surface area contributed by atoms with Crippen LogP contribution in [0.1, 0.15) is 16.1 Å². The van der Waals surface area contributed by atoms with Gasteiger partial charge in [-0.1, -0.05) is 41.4 Å². The fourth-order valence-corrected chi connectivity index (χ4v) is 2.58. The zero-order valence-corrected chi connectivity index (χ0v) is 14.8. The van der Waals surface area contributed by atoms with Crippen LogP contribution in [-0.4, -0.2) is 10.9 Å². The zero-order chi connectivity index (χ0) is 18.5. The van der Waals surface area contributed by atoms with E-state index in [0.29, 0.717) is 32.7 Å². The van der Waals surface area contributed by atoms with Crippen LogP contribution in [0.25, 0.3) is 0 Å². The number of aromatic nitrogens is 1. The molecule has 2 N–H and O–H groups in total. The molecule has 1 amide bonds. The van der Waals surface area contributed by atoms with E-state index >= 15 is 0 Å². The van der Waals surface area contributed by atoms with Crippen LogP contribution in [0.15, 0.2) is 60.8 Å². The van der Waals surface area contributed by atoms with Gasteiger partial charge in [0.2, 0.25) is 0 Å². The first-order chi connectivity index (χ1) is 12.6.